The average Bonchev–Trinajstić information content (AvgIpc) is 0.811. The zero-order valence-electron chi connectivity index (χ0n) is 2.30. The van der Waals surface area contributed by atoms with Crippen LogP contribution in [0.15, 0.2) is 0 Å². The summed E-state index contributed by atoms with van der Waals surface area (Å²) in [5, 5.41) is 0. The molecule has 4 nitrogen and oxygen atoms in total. The van der Waals surface area contributed by atoms with Crippen molar-refractivity contribution in [3.05, 3.63) is 0 Å². The molecule has 0 aliphatic rings. The second kappa shape index (κ2) is 15.8. The van der Waals surface area contributed by atoms with Crippen LogP contribution in [0.4, 0.5) is 0 Å². The van der Waals surface area contributed by atoms with E-state index >= 15 is 0 Å². The van der Waals surface area contributed by atoms with E-state index in [4.69, 9.17) is 14.1 Å². The van der Waals surface area contributed by atoms with Crippen LogP contribution < -0.4 is 0 Å². The van der Waals surface area contributed by atoms with Crippen LogP contribution in [0.2, 0.25) is 0 Å². The zero-order chi connectivity index (χ0) is 3.58. The molecule has 0 aromatic heterocycles. The van der Waals surface area contributed by atoms with Crippen LogP contribution in [0.25, 0.3) is 0 Å². The van der Waals surface area contributed by atoms with Gasteiger partial charge in [-0.3, -0.25) is 4.46 Å². The average molecular weight is 178 g/mol. The van der Waals surface area contributed by atoms with Gasteiger partial charge in [0, 0.05) is 0 Å². The fraction of sp³-hybridized carbons (Fsp3) is 0. The molecule has 0 aliphatic carbocycles. The first-order valence-electron chi connectivity index (χ1n) is 0.651. The molecule has 0 saturated carbocycles. The molecule has 0 saturated heterocycles. The normalized spacial score (nSPS) is 3.43. The van der Waals surface area contributed by atoms with Gasteiger partial charge >= 0.3 is 98.3 Å². The third-order valence-electron chi connectivity index (χ3n) is 0. The predicted octanol–water partition coefficient (Wildman–Crippen LogP) is -4.00. The topological polar surface area (TPSA) is 89.0 Å². The third-order valence-corrected chi connectivity index (χ3v) is 0. The van der Waals surface area contributed by atoms with Gasteiger partial charge < -0.3 is 15.1 Å². The van der Waals surface area contributed by atoms with Crippen molar-refractivity contribution in [3.63, 3.8) is 0 Å². The standard InChI is InChI=1S/Ca.K.H2O3Si.H2O.3H/c;;1-4(2)3;;;;/h;;1-2H;1H2;;;. The maximum atomic E-state index is 8.74. The minimum atomic E-state index is -3.13. The van der Waals surface area contributed by atoms with Crippen molar-refractivity contribution in [2.75, 3.05) is 0 Å². The van der Waals surface area contributed by atoms with Crippen LogP contribution >= 0.6 is 0 Å². The van der Waals surface area contributed by atoms with Gasteiger partial charge in [0.2, 0.25) is 0 Å². The summed E-state index contributed by atoms with van der Waals surface area (Å²) in [7, 11) is -3.13. The molecule has 0 fully saturated rings. The summed E-state index contributed by atoms with van der Waals surface area (Å²) in [6.07, 6.45) is 0. The van der Waals surface area contributed by atoms with Gasteiger partial charge in [0.05, 0.1) is 0 Å². The molecule has 0 amide bonds. The van der Waals surface area contributed by atoms with Gasteiger partial charge in [-0.05, 0) is 0 Å². The molecule has 0 aliphatic heterocycles. The first kappa shape index (κ1) is 22.7. The summed E-state index contributed by atoms with van der Waals surface area (Å²) in [4.78, 5) is 14.3. The number of hydrogen-bond acceptors (Lipinski definition) is 1. The molecule has 4 N–H and O–H groups in total. The van der Waals surface area contributed by atoms with Gasteiger partial charge in [-0.25, -0.2) is 0 Å². The quantitative estimate of drug-likeness (QED) is 0.370. The Morgan fingerprint density at radius 3 is 1.29 bits per heavy atom. The van der Waals surface area contributed by atoms with E-state index in [1.807, 2.05) is 0 Å². The van der Waals surface area contributed by atoms with E-state index in [0.717, 1.165) is 0 Å². The van der Waals surface area contributed by atoms with Crippen molar-refractivity contribution < 1.29 is 19.5 Å². The van der Waals surface area contributed by atoms with E-state index in [-0.39, 0.29) is 94.6 Å². The first-order chi connectivity index (χ1) is 1.73. The summed E-state index contributed by atoms with van der Waals surface area (Å²) in [6.45, 7) is 0. The van der Waals surface area contributed by atoms with Crippen LogP contribution in [0.5, 0.6) is 0 Å². The van der Waals surface area contributed by atoms with E-state index in [2.05, 4.69) is 0 Å². The van der Waals surface area contributed by atoms with Gasteiger partial charge in [0.15, 0.2) is 0 Å². The molecule has 38 valence electrons. The second-order valence-corrected chi connectivity index (χ2v) is 0.848. The van der Waals surface area contributed by atoms with Crippen LogP contribution in [0.1, 0.15) is 0 Å². The summed E-state index contributed by atoms with van der Waals surface area (Å²) in [6, 6.07) is 0. The molecular weight excluding hydrogens is 171 g/mol. The van der Waals surface area contributed by atoms with Crippen LogP contribution in [-0.4, -0.2) is 113 Å². The van der Waals surface area contributed by atoms with Crippen molar-refractivity contribution in [1.82, 2.24) is 0 Å². The molecule has 7 heavy (non-hydrogen) atoms. The Bertz CT molecular complexity index is 34.7. The minimum absolute atomic E-state index is 0. The molecule has 0 atom stereocenters. The molecule has 7 heteroatoms. The molecule has 0 bridgehead atoms. The van der Waals surface area contributed by atoms with Crippen molar-refractivity contribution >= 4 is 98.3 Å². The Morgan fingerprint density at radius 1 is 1.29 bits per heavy atom. The van der Waals surface area contributed by atoms with Crippen molar-refractivity contribution in [2.45, 2.75) is 0 Å². The van der Waals surface area contributed by atoms with Crippen molar-refractivity contribution in [3.8, 4) is 0 Å². The summed E-state index contributed by atoms with van der Waals surface area (Å²) in [5.74, 6) is 0. The Kier molecular flexibility index (Phi) is 51.2. The zero-order valence-corrected chi connectivity index (χ0v) is 3.30. The van der Waals surface area contributed by atoms with Crippen LogP contribution in [0.3, 0.4) is 0 Å². The second-order valence-electron chi connectivity index (χ2n) is 0.283. The predicted molar refractivity (Wildman–Crippen MR) is 30.2 cm³/mol. The van der Waals surface area contributed by atoms with Crippen molar-refractivity contribution in [1.29, 1.82) is 0 Å². The summed E-state index contributed by atoms with van der Waals surface area (Å²) < 4.78 is 8.74. The first-order valence-corrected chi connectivity index (χ1v) is 1.95. The fourth-order valence-corrected chi connectivity index (χ4v) is 0. The monoisotopic (exact) mass is 178 g/mol. The third kappa shape index (κ3) is 58.1. The number of hydrogen-bond donors (Lipinski definition) is 2. The number of rotatable bonds is 0. The van der Waals surface area contributed by atoms with Gasteiger partial charge in [-0.15, -0.1) is 0 Å². The molecule has 0 heterocycles. The summed E-state index contributed by atoms with van der Waals surface area (Å²) >= 11 is 0. The molecule has 0 rings (SSSR count). The Morgan fingerprint density at radius 2 is 1.29 bits per heavy atom. The SMILES string of the molecule is O.O=[Si](O)O.[CaH2].[KH]. The Balaban J connectivity index is -0.0000000150. The fourth-order valence-electron chi connectivity index (χ4n) is 0. The Labute approximate surface area is 115 Å². The molecule has 0 aromatic carbocycles. The molecule has 0 unspecified atom stereocenters. The van der Waals surface area contributed by atoms with Gasteiger partial charge in [0.1, 0.15) is 0 Å². The van der Waals surface area contributed by atoms with Gasteiger partial charge in [-0.1, -0.05) is 0 Å². The maximum absolute atomic E-state index is 8.74. The van der Waals surface area contributed by atoms with Gasteiger partial charge in [0.25, 0.3) is 0 Å². The van der Waals surface area contributed by atoms with E-state index in [0.29, 0.717) is 0 Å². The van der Waals surface area contributed by atoms with E-state index < -0.39 is 9.17 Å². The molecule has 0 spiro atoms. The summed E-state index contributed by atoms with van der Waals surface area (Å²) in [5.41, 5.74) is 0. The Hall–Kier alpha value is 2.47. The van der Waals surface area contributed by atoms with E-state index in [1.165, 1.54) is 0 Å². The molecular formula is H7CaKO4Si. The van der Waals surface area contributed by atoms with Gasteiger partial charge in [-0.2, -0.15) is 0 Å². The molecule has 0 aromatic rings. The van der Waals surface area contributed by atoms with E-state index in [1.54, 1.807) is 0 Å². The van der Waals surface area contributed by atoms with Crippen LogP contribution in [0, 0.1) is 0 Å². The van der Waals surface area contributed by atoms with E-state index in [9.17, 15) is 0 Å². The van der Waals surface area contributed by atoms with Crippen LogP contribution in [-0.2, 0) is 4.46 Å². The molecule has 0 radical (unpaired) electrons. The van der Waals surface area contributed by atoms with Crippen molar-refractivity contribution in [2.24, 2.45) is 0 Å².